The predicted octanol–water partition coefficient (Wildman–Crippen LogP) is 3.92. The minimum absolute atomic E-state index is 0.322. The maximum absolute atomic E-state index is 6.20. The standard InChI is InChI=1S/C16H17ClN2S/c1-11-3-5-12(6-4-11)10-19(2)13-7-8-14(16(18)20)15(17)9-13/h3-9H,10H2,1-2H3,(H2,18,20). The van der Waals surface area contributed by atoms with Gasteiger partial charge in [-0.25, -0.2) is 0 Å². The van der Waals surface area contributed by atoms with Gasteiger partial charge in [-0.2, -0.15) is 0 Å². The number of benzene rings is 2. The molecule has 2 aromatic carbocycles. The predicted molar refractivity (Wildman–Crippen MR) is 90.6 cm³/mol. The number of nitrogens with zero attached hydrogens (tertiary/aromatic N) is 1. The van der Waals surface area contributed by atoms with Crippen molar-refractivity contribution < 1.29 is 0 Å². The van der Waals surface area contributed by atoms with Crippen molar-refractivity contribution >= 4 is 34.5 Å². The van der Waals surface area contributed by atoms with Crippen LogP contribution >= 0.6 is 23.8 Å². The number of aryl methyl sites for hydroxylation is 1. The van der Waals surface area contributed by atoms with Crippen molar-refractivity contribution in [1.82, 2.24) is 0 Å². The van der Waals surface area contributed by atoms with Crippen LogP contribution in [0.4, 0.5) is 5.69 Å². The molecule has 0 radical (unpaired) electrons. The van der Waals surface area contributed by atoms with Gasteiger partial charge in [-0.1, -0.05) is 53.6 Å². The fourth-order valence-electron chi connectivity index (χ4n) is 2.00. The molecule has 0 aliphatic rings. The third-order valence-corrected chi connectivity index (χ3v) is 3.73. The second-order valence-corrected chi connectivity index (χ2v) is 5.72. The number of thiocarbonyl (C=S) groups is 1. The molecule has 0 fully saturated rings. The number of hydrogen-bond donors (Lipinski definition) is 1. The average Bonchev–Trinajstić information content (AvgIpc) is 2.40. The first-order valence-corrected chi connectivity index (χ1v) is 7.12. The van der Waals surface area contributed by atoms with Gasteiger partial charge in [-0.05, 0) is 30.7 Å². The van der Waals surface area contributed by atoms with Crippen molar-refractivity contribution in [2.24, 2.45) is 5.73 Å². The van der Waals surface area contributed by atoms with Gasteiger partial charge in [0.05, 0.1) is 5.02 Å². The van der Waals surface area contributed by atoms with E-state index in [9.17, 15) is 0 Å². The Labute approximate surface area is 130 Å². The van der Waals surface area contributed by atoms with Crippen LogP contribution in [0.5, 0.6) is 0 Å². The molecule has 0 aromatic heterocycles. The molecule has 0 bridgehead atoms. The van der Waals surface area contributed by atoms with E-state index in [1.165, 1.54) is 11.1 Å². The Morgan fingerprint density at radius 1 is 1.20 bits per heavy atom. The van der Waals surface area contributed by atoms with Crippen LogP contribution in [0.3, 0.4) is 0 Å². The highest BCUT2D eigenvalue weighted by atomic mass is 35.5. The fourth-order valence-corrected chi connectivity index (χ4v) is 2.51. The van der Waals surface area contributed by atoms with Crippen LogP contribution in [0.1, 0.15) is 16.7 Å². The van der Waals surface area contributed by atoms with Crippen LogP contribution in [-0.4, -0.2) is 12.0 Å². The van der Waals surface area contributed by atoms with E-state index >= 15 is 0 Å². The van der Waals surface area contributed by atoms with Crippen molar-refractivity contribution in [1.29, 1.82) is 0 Å². The van der Waals surface area contributed by atoms with Gasteiger partial charge in [0, 0.05) is 24.8 Å². The maximum atomic E-state index is 6.20. The second kappa shape index (κ2) is 6.25. The van der Waals surface area contributed by atoms with Crippen molar-refractivity contribution in [3.05, 3.63) is 64.2 Å². The Morgan fingerprint density at radius 3 is 2.40 bits per heavy atom. The summed E-state index contributed by atoms with van der Waals surface area (Å²) in [5.74, 6) is 0. The fraction of sp³-hybridized carbons (Fsp3) is 0.188. The summed E-state index contributed by atoms with van der Waals surface area (Å²) in [6.07, 6.45) is 0. The molecular weight excluding hydrogens is 288 g/mol. The molecule has 0 aliphatic heterocycles. The molecule has 2 N–H and O–H groups in total. The molecule has 2 nitrogen and oxygen atoms in total. The van der Waals surface area contributed by atoms with Gasteiger partial charge < -0.3 is 10.6 Å². The molecule has 0 amide bonds. The highest BCUT2D eigenvalue weighted by Crippen LogP contribution is 2.24. The number of halogens is 1. The summed E-state index contributed by atoms with van der Waals surface area (Å²) in [4.78, 5) is 2.46. The van der Waals surface area contributed by atoms with E-state index < -0.39 is 0 Å². The zero-order chi connectivity index (χ0) is 14.7. The molecule has 20 heavy (non-hydrogen) atoms. The van der Waals surface area contributed by atoms with Gasteiger partial charge in [0.25, 0.3) is 0 Å². The number of nitrogens with two attached hydrogens (primary N) is 1. The van der Waals surface area contributed by atoms with Crippen LogP contribution in [0.2, 0.25) is 5.02 Å². The number of anilines is 1. The van der Waals surface area contributed by atoms with Crippen LogP contribution in [0, 0.1) is 6.92 Å². The molecule has 0 heterocycles. The van der Waals surface area contributed by atoms with Crippen LogP contribution in [0.25, 0.3) is 0 Å². The lowest BCUT2D eigenvalue weighted by Crippen LogP contribution is -2.17. The molecule has 0 aliphatic carbocycles. The maximum Gasteiger partial charge on any atom is 0.105 e. The topological polar surface area (TPSA) is 29.3 Å². The second-order valence-electron chi connectivity index (χ2n) is 4.87. The first-order valence-electron chi connectivity index (χ1n) is 6.33. The van der Waals surface area contributed by atoms with E-state index in [-0.39, 0.29) is 0 Å². The molecule has 0 spiro atoms. The van der Waals surface area contributed by atoms with Crippen LogP contribution in [0.15, 0.2) is 42.5 Å². The van der Waals surface area contributed by atoms with E-state index in [4.69, 9.17) is 29.6 Å². The number of hydrogen-bond acceptors (Lipinski definition) is 2. The summed E-state index contributed by atoms with van der Waals surface area (Å²) in [7, 11) is 2.03. The average molecular weight is 305 g/mol. The van der Waals surface area contributed by atoms with E-state index in [1.807, 2.05) is 25.2 Å². The Balaban J connectivity index is 2.17. The Morgan fingerprint density at radius 2 is 1.85 bits per heavy atom. The van der Waals surface area contributed by atoms with Gasteiger partial charge >= 0.3 is 0 Å². The first kappa shape index (κ1) is 14.8. The normalized spacial score (nSPS) is 10.3. The van der Waals surface area contributed by atoms with Crippen molar-refractivity contribution in [2.45, 2.75) is 13.5 Å². The van der Waals surface area contributed by atoms with Gasteiger partial charge in [-0.3, -0.25) is 0 Å². The highest BCUT2D eigenvalue weighted by molar-refractivity contribution is 7.80. The Hall–Kier alpha value is -1.58. The zero-order valence-electron chi connectivity index (χ0n) is 11.6. The smallest absolute Gasteiger partial charge is 0.105 e. The molecule has 2 rings (SSSR count). The van der Waals surface area contributed by atoms with E-state index in [2.05, 4.69) is 36.1 Å². The third-order valence-electron chi connectivity index (χ3n) is 3.20. The van der Waals surface area contributed by atoms with E-state index in [0.717, 1.165) is 12.2 Å². The van der Waals surface area contributed by atoms with Gasteiger partial charge in [0.2, 0.25) is 0 Å². The minimum atomic E-state index is 0.322. The molecule has 0 atom stereocenters. The summed E-state index contributed by atoms with van der Waals surface area (Å²) in [6.45, 7) is 2.91. The van der Waals surface area contributed by atoms with Crippen LogP contribution < -0.4 is 10.6 Å². The molecular formula is C16H17ClN2S. The quantitative estimate of drug-likeness (QED) is 0.868. The van der Waals surface area contributed by atoms with Gasteiger partial charge in [-0.15, -0.1) is 0 Å². The number of rotatable bonds is 4. The lowest BCUT2D eigenvalue weighted by molar-refractivity contribution is 0.922. The summed E-state index contributed by atoms with van der Waals surface area (Å²) in [6, 6.07) is 14.2. The third kappa shape index (κ3) is 3.50. The van der Waals surface area contributed by atoms with E-state index in [1.54, 1.807) is 0 Å². The monoisotopic (exact) mass is 304 g/mol. The lowest BCUT2D eigenvalue weighted by Gasteiger charge is -2.20. The molecule has 2 aromatic rings. The SMILES string of the molecule is Cc1ccc(CN(C)c2ccc(C(N)=S)c(Cl)c2)cc1. The highest BCUT2D eigenvalue weighted by Gasteiger charge is 2.07. The van der Waals surface area contributed by atoms with Gasteiger partial charge in [0.15, 0.2) is 0 Å². The van der Waals surface area contributed by atoms with Crippen molar-refractivity contribution in [2.75, 3.05) is 11.9 Å². The summed E-state index contributed by atoms with van der Waals surface area (Å²) < 4.78 is 0. The van der Waals surface area contributed by atoms with Crippen LogP contribution in [-0.2, 0) is 6.54 Å². The first-order chi connectivity index (χ1) is 9.47. The van der Waals surface area contributed by atoms with Gasteiger partial charge in [0.1, 0.15) is 4.99 Å². The summed E-state index contributed by atoms with van der Waals surface area (Å²) in [5, 5.41) is 0.589. The summed E-state index contributed by atoms with van der Waals surface area (Å²) in [5.41, 5.74) is 9.89. The lowest BCUT2D eigenvalue weighted by atomic mass is 10.1. The van der Waals surface area contributed by atoms with Crippen molar-refractivity contribution in [3.8, 4) is 0 Å². The molecule has 0 saturated heterocycles. The minimum Gasteiger partial charge on any atom is -0.389 e. The van der Waals surface area contributed by atoms with E-state index in [0.29, 0.717) is 15.6 Å². The zero-order valence-corrected chi connectivity index (χ0v) is 13.1. The Bertz CT molecular complexity index is 623. The molecule has 0 unspecified atom stereocenters. The van der Waals surface area contributed by atoms with Crippen molar-refractivity contribution in [3.63, 3.8) is 0 Å². The molecule has 4 heteroatoms. The molecule has 0 saturated carbocycles. The summed E-state index contributed by atoms with van der Waals surface area (Å²) >= 11 is 11.2. The molecule has 104 valence electrons. The largest absolute Gasteiger partial charge is 0.389 e. The Kier molecular flexibility index (Phi) is 4.63.